The van der Waals surface area contributed by atoms with Gasteiger partial charge in [0.15, 0.2) is 0 Å². The third-order valence-electron chi connectivity index (χ3n) is 7.37. The molecule has 0 spiro atoms. The first-order chi connectivity index (χ1) is 16.4. The molecular formula is C27H33ClF3N3O2. The van der Waals surface area contributed by atoms with E-state index < -0.39 is 23.1 Å². The van der Waals surface area contributed by atoms with Gasteiger partial charge in [-0.25, -0.2) is 0 Å². The number of carbonyl (C=O) groups is 2. The first-order valence-corrected chi connectivity index (χ1v) is 12.1. The van der Waals surface area contributed by atoms with Crippen LogP contribution in [-0.2, 0) is 16.4 Å². The van der Waals surface area contributed by atoms with Crippen molar-refractivity contribution in [3.8, 4) is 0 Å². The molecule has 1 heterocycles. The van der Waals surface area contributed by atoms with E-state index in [0.717, 1.165) is 43.4 Å². The molecule has 1 saturated carbocycles. The van der Waals surface area contributed by atoms with Gasteiger partial charge in [-0.15, -0.1) is 12.4 Å². The largest absolute Gasteiger partial charge is 0.416 e. The maximum absolute atomic E-state index is 13.5. The van der Waals surface area contributed by atoms with Crippen molar-refractivity contribution < 1.29 is 22.8 Å². The molecule has 4 rings (SSSR count). The van der Waals surface area contributed by atoms with Crippen LogP contribution in [0.4, 0.5) is 30.2 Å². The lowest BCUT2D eigenvalue weighted by molar-refractivity contribution is -0.137. The molecule has 0 bridgehead atoms. The normalized spacial score (nSPS) is 20.8. The van der Waals surface area contributed by atoms with Crippen molar-refractivity contribution in [2.45, 2.75) is 71.0 Å². The Kier molecular flexibility index (Phi) is 7.98. The number of benzene rings is 2. The molecule has 2 aromatic rings. The van der Waals surface area contributed by atoms with Gasteiger partial charge in [-0.3, -0.25) is 9.59 Å². The summed E-state index contributed by atoms with van der Waals surface area (Å²) in [4.78, 5) is 25.5. The van der Waals surface area contributed by atoms with Crippen molar-refractivity contribution >= 4 is 41.3 Å². The maximum atomic E-state index is 13.5. The number of carbonyl (C=O) groups excluding carboxylic acids is 2. The molecule has 9 heteroatoms. The Morgan fingerprint density at radius 3 is 2.44 bits per heavy atom. The Bertz CT molecular complexity index is 1150. The highest BCUT2D eigenvalue weighted by molar-refractivity contribution is 6.10. The van der Waals surface area contributed by atoms with Crippen molar-refractivity contribution in [1.29, 1.82) is 0 Å². The summed E-state index contributed by atoms with van der Waals surface area (Å²) in [5.41, 5.74) is 0.766. The number of hydrogen-bond acceptors (Lipinski definition) is 3. The van der Waals surface area contributed by atoms with E-state index in [2.05, 4.69) is 29.8 Å². The molecule has 2 atom stereocenters. The van der Waals surface area contributed by atoms with Crippen LogP contribution in [0, 0.1) is 11.8 Å². The minimum Gasteiger partial charge on any atom is -0.381 e. The number of rotatable bonds is 5. The van der Waals surface area contributed by atoms with Crippen LogP contribution in [-0.4, -0.2) is 17.9 Å². The first kappa shape index (κ1) is 27.8. The highest BCUT2D eigenvalue weighted by atomic mass is 35.5. The lowest BCUT2D eigenvalue weighted by atomic mass is 9.77. The number of amides is 2. The van der Waals surface area contributed by atoms with Crippen molar-refractivity contribution in [3.63, 3.8) is 0 Å². The molecule has 2 aliphatic rings. The van der Waals surface area contributed by atoms with Crippen LogP contribution in [0.25, 0.3) is 0 Å². The monoisotopic (exact) mass is 523 g/mol. The Hall–Kier alpha value is -2.74. The summed E-state index contributed by atoms with van der Waals surface area (Å²) < 4.78 is 40.5. The van der Waals surface area contributed by atoms with Gasteiger partial charge in [0, 0.05) is 23.1 Å². The summed E-state index contributed by atoms with van der Waals surface area (Å²) in [5, 5.41) is 8.91. The number of anilines is 3. The van der Waals surface area contributed by atoms with Crippen LogP contribution < -0.4 is 16.0 Å². The zero-order valence-electron chi connectivity index (χ0n) is 20.9. The molecule has 1 aliphatic heterocycles. The highest BCUT2D eigenvalue weighted by Crippen LogP contribution is 2.39. The van der Waals surface area contributed by atoms with Crippen LogP contribution in [0.15, 0.2) is 36.4 Å². The van der Waals surface area contributed by atoms with E-state index in [1.807, 2.05) is 13.8 Å². The molecule has 0 aromatic heterocycles. The Morgan fingerprint density at radius 1 is 1.08 bits per heavy atom. The second-order valence-corrected chi connectivity index (χ2v) is 10.5. The van der Waals surface area contributed by atoms with E-state index in [0.29, 0.717) is 23.2 Å². The molecule has 1 aliphatic carbocycles. The number of fused-ring (bicyclic) bond motifs is 1. The molecule has 2 aromatic carbocycles. The Balaban J connectivity index is 0.00000361. The predicted octanol–water partition coefficient (Wildman–Crippen LogP) is 7.24. The van der Waals surface area contributed by atoms with Crippen molar-refractivity contribution in [2.24, 2.45) is 11.8 Å². The summed E-state index contributed by atoms with van der Waals surface area (Å²) in [5.74, 6) is 0.0543. The Morgan fingerprint density at radius 2 is 1.78 bits per heavy atom. The molecule has 0 saturated heterocycles. The summed E-state index contributed by atoms with van der Waals surface area (Å²) in [6.07, 6.45) is -0.560. The van der Waals surface area contributed by atoms with Crippen molar-refractivity contribution in [1.82, 2.24) is 0 Å². The van der Waals surface area contributed by atoms with Crippen molar-refractivity contribution in [2.75, 3.05) is 16.0 Å². The van der Waals surface area contributed by atoms with Gasteiger partial charge in [-0.05, 0) is 74.4 Å². The third kappa shape index (κ3) is 5.48. The zero-order chi connectivity index (χ0) is 25.5. The van der Waals surface area contributed by atoms with E-state index in [-0.39, 0.29) is 35.6 Å². The van der Waals surface area contributed by atoms with Gasteiger partial charge in [0.25, 0.3) is 5.91 Å². The zero-order valence-corrected chi connectivity index (χ0v) is 21.7. The fraction of sp³-hybridized carbons (Fsp3) is 0.481. The average molecular weight is 524 g/mol. The predicted molar refractivity (Wildman–Crippen MR) is 139 cm³/mol. The van der Waals surface area contributed by atoms with Gasteiger partial charge in [-0.2, -0.15) is 13.2 Å². The first-order valence-electron chi connectivity index (χ1n) is 12.1. The maximum Gasteiger partial charge on any atom is 0.416 e. The SMILES string of the molecule is CC(C)[C@@H]1CCCC[C@@H]1Nc1cc(C(F)(F)F)ccc1C(=O)Nc1ccc2c(c1)NC(=O)C2(C)C.Cl. The van der Waals surface area contributed by atoms with Gasteiger partial charge in [0.1, 0.15) is 0 Å². The van der Waals surface area contributed by atoms with Gasteiger partial charge in [-0.1, -0.05) is 32.8 Å². The number of nitrogens with one attached hydrogen (secondary N) is 3. The lowest BCUT2D eigenvalue weighted by Crippen LogP contribution is -2.36. The van der Waals surface area contributed by atoms with Crippen LogP contribution in [0.3, 0.4) is 0 Å². The van der Waals surface area contributed by atoms with Crippen molar-refractivity contribution in [3.05, 3.63) is 53.1 Å². The number of hydrogen-bond donors (Lipinski definition) is 3. The van der Waals surface area contributed by atoms with E-state index in [1.165, 1.54) is 6.07 Å². The average Bonchev–Trinajstić information content (AvgIpc) is 3.01. The van der Waals surface area contributed by atoms with Crippen LogP contribution in [0.2, 0.25) is 0 Å². The highest BCUT2D eigenvalue weighted by Gasteiger charge is 2.38. The second-order valence-electron chi connectivity index (χ2n) is 10.5. The standard InChI is InChI=1S/C27H32F3N3O2.ClH/c1-15(2)18-7-5-6-8-21(18)32-22-13-16(27(28,29)30)9-11-19(22)24(34)31-17-10-12-20-23(14-17)33-25(35)26(20,3)4;/h9-15,18,21,32H,5-8H2,1-4H3,(H,31,34)(H,33,35);1H/t18-,21-;/m0./s1. The summed E-state index contributed by atoms with van der Waals surface area (Å²) >= 11 is 0. The van der Waals surface area contributed by atoms with Gasteiger partial charge in [0.05, 0.1) is 16.5 Å². The van der Waals surface area contributed by atoms with Gasteiger partial charge < -0.3 is 16.0 Å². The quantitative estimate of drug-likeness (QED) is 0.387. The van der Waals surface area contributed by atoms with Gasteiger partial charge >= 0.3 is 6.18 Å². The minimum absolute atomic E-state index is 0. The van der Waals surface area contributed by atoms with Crippen LogP contribution >= 0.6 is 12.4 Å². The fourth-order valence-corrected chi connectivity index (χ4v) is 5.24. The molecule has 5 nitrogen and oxygen atoms in total. The molecule has 0 unspecified atom stereocenters. The minimum atomic E-state index is -4.51. The molecule has 36 heavy (non-hydrogen) atoms. The van der Waals surface area contributed by atoms with Crippen LogP contribution in [0.5, 0.6) is 0 Å². The van der Waals surface area contributed by atoms with Gasteiger partial charge in [0.2, 0.25) is 5.91 Å². The summed E-state index contributed by atoms with van der Waals surface area (Å²) in [6, 6.07) is 8.35. The van der Waals surface area contributed by atoms with E-state index in [1.54, 1.807) is 18.2 Å². The summed E-state index contributed by atoms with van der Waals surface area (Å²) in [6.45, 7) is 7.89. The van der Waals surface area contributed by atoms with E-state index in [4.69, 9.17) is 0 Å². The molecular weight excluding hydrogens is 491 g/mol. The number of alkyl halides is 3. The lowest BCUT2D eigenvalue weighted by Gasteiger charge is -2.36. The topological polar surface area (TPSA) is 70.2 Å². The molecule has 2 amide bonds. The summed E-state index contributed by atoms with van der Waals surface area (Å²) in [7, 11) is 0. The second kappa shape index (κ2) is 10.3. The molecule has 3 N–H and O–H groups in total. The fourth-order valence-electron chi connectivity index (χ4n) is 5.24. The number of halogens is 4. The molecule has 1 fully saturated rings. The molecule has 0 radical (unpaired) electrons. The van der Waals surface area contributed by atoms with Crippen LogP contribution in [0.1, 0.15) is 74.9 Å². The third-order valence-corrected chi connectivity index (χ3v) is 7.37. The Labute approximate surface area is 216 Å². The molecule has 196 valence electrons. The van der Waals surface area contributed by atoms with E-state index in [9.17, 15) is 22.8 Å². The van der Waals surface area contributed by atoms with E-state index >= 15 is 0 Å². The smallest absolute Gasteiger partial charge is 0.381 e.